The minimum absolute atomic E-state index is 0.160. The van der Waals surface area contributed by atoms with Gasteiger partial charge in [-0.1, -0.05) is 43.7 Å². The highest BCUT2D eigenvalue weighted by atomic mass is 32.2. The molecular weight excluding hydrogens is 220 g/mol. The van der Waals surface area contributed by atoms with E-state index in [0.717, 1.165) is 5.75 Å². The van der Waals surface area contributed by atoms with Crippen molar-refractivity contribution in [2.24, 2.45) is 5.92 Å². The summed E-state index contributed by atoms with van der Waals surface area (Å²) in [5.74, 6) is 0.204. The maximum absolute atomic E-state index is 11.0. The Kier molecular flexibility index (Phi) is 4.87. The fourth-order valence-corrected chi connectivity index (χ4v) is 2.51. The zero-order valence-electron chi connectivity index (χ0n) is 9.93. The van der Waals surface area contributed by atoms with Crippen LogP contribution >= 0.6 is 11.8 Å². The number of aliphatic carboxylic acids is 1. The van der Waals surface area contributed by atoms with Gasteiger partial charge < -0.3 is 5.11 Å². The van der Waals surface area contributed by atoms with Crippen LogP contribution in [0.2, 0.25) is 0 Å². The summed E-state index contributed by atoms with van der Waals surface area (Å²) >= 11 is 1.50. The van der Waals surface area contributed by atoms with Gasteiger partial charge in [0.05, 0.1) is 0 Å². The molecule has 3 heteroatoms. The molecule has 0 aliphatic rings. The van der Waals surface area contributed by atoms with Crippen LogP contribution in [0.4, 0.5) is 0 Å². The molecule has 0 amide bonds. The second-order valence-corrected chi connectivity index (χ2v) is 5.43. The summed E-state index contributed by atoms with van der Waals surface area (Å²) in [6.07, 6.45) is 0. The molecule has 0 aromatic heterocycles. The third-order valence-electron chi connectivity index (χ3n) is 2.40. The van der Waals surface area contributed by atoms with Crippen molar-refractivity contribution >= 4 is 17.7 Å². The van der Waals surface area contributed by atoms with E-state index in [-0.39, 0.29) is 11.2 Å². The third-order valence-corrected chi connectivity index (χ3v) is 4.00. The molecule has 1 aromatic carbocycles. The van der Waals surface area contributed by atoms with Crippen LogP contribution < -0.4 is 0 Å². The second-order valence-electron chi connectivity index (χ2n) is 4.30. The normalized spacial score (nSPS) is 12.8. The minimum atomic E-state index is -0.716. The number of carbonyl (C=O) groups is 1. The maximum Gasteiger partial charge on any atom is 0.316 e. The lowest BCUT2D eigenvalue weighted by Crippen LogP contribution is -2.22. The summed E-state index contributed by atoms with van der Waals surface area (Å²) in [5.41, 5.74) is 2.41. The Balaban J connectivity index is 2.55. The van der Waals surface area contributed by atoms with Crippen molar-refractivity contribution in [3.63, 3.8) is 0 Å². The van der Waals surface area contributed by atoms with Gasteiger partial charge in [-0.2, -0.15) is 0 Å². The number of thioether (sulfide) groups is 1. The summed E-state index contributed by atoms with van der Waals surface area (Å²) in [4.78, 5) is 11.0. The van der Waals surface area contributed by atoms with Gasteiger partial charge in [-0.3, -0.25) is 4.79 Å². The summed E-state index contributed by atoms with van der Waals surface area (Å²) in [6.45, 7) is 5.94. The van der Waals surface area contributed by atoms with Crippen LogP contribution in [0.1, 0.15) is 25.0 Å². The Hall–Kier alpha value is -0.960. The van der Waals surface area contributed by atoms with E-state index in [1.165, 1.54) is 22.9 Å². The number of benzene rings is 1. The van der Waals surface area contributed by atoms with Crippen molar-refractivity contribution < 1.29 is 9.90 Å². The van der Waals surface area contributed by atoms with Crippen molar-refractivity contribution in [3.05, 3.63) is 35.4 Å². The maximum atomic E-state index is 11.0. The molecular formula is C13H18O2S. The van der Waals surface area contributed by atoms with Crippen LogP contribution in [-0.2, 0) is 10.5 Å². The van der Waals surface area contributed by atoms with Crippen molar-refractivity contribution in [3.8, 4) is 0 Å². The highest BCUT2D eigenvalue weighted by Crippen LogP contribution is 2.24. The molecule has 0 heterocycles. The Morgan fingerprint density at radius 1 is 1.31 bits per heavy atom. The van der Waals surface area contributed by atoms with Gasteiger partial charge in [-0.25, -0.2) is 0 Å². The molecule has 0 saturated heterocycles. The second kappa shape index (κ2) is 5.94. The van der Waals surface area contributed by atoms with Crippen molar-refractivity contribution in [2.75, 3.05) is 0 Å². The predicted molar refractivity (Wildman–Crippen MR) is 68.7 cm³/mol. The van der Waals surface area contributed by atoms with E-state index in [2.05, 4.69) is 24.3 Å². The first-order chi connectivity index (χ1) is 7.50. The first-order valence-corrected chi connectivity index (χ1v) is 6.45. The number of rotatable bonds is 5. The number of carboxylic acid groups (broad SMARTS) is 1. The van der Waals surface area contributed by atoms with Crippen LogP contribution in [-0.4, -0.2) is 16.3 Å². The molecule has 0 saturated carbocycles. The Morgan fingerprint density at radius 3 is 2.31 bits per heavy atom. The average Bonchev–Trinajstić information content (AvgIpc) is 2.20. The molecule has 88 valence electrons. The molecule has 16 heavy (non-hydrogen) atoms. The zero-order chi connectivity index (χ0) is 12.1. The molecule has 0 spiro atoms. The SMILES string of the molecule is Cc1ccc(CSC(C(=O)O)C(C)C)cc1. The van der Waals surface area contributed by atoms with Gasteiger partial charge in [0.1, 0.15) is 5.25 Å². The Labute approximate surface area is 101 Å². The molecule has 0 bridgehead atoms. The molecule has 1 unspecified atom stereocenters. The van der Waals surface area contributed by atoms with E-state index >= 15 is 0 Å². The zero-order valence-corrected chi connectivity index (χ0v) is 10.8. The first kappa shape index (κ1) is 13.1. The fraction of sp³-hybridized carbons (Fsp3) is 0.462. The summed E-state index contributed by atoms with van der Waals surface area (Å²) in [6, 6.07) is 8.23. The molecule has 1 rings (SSSR count). The van der Waals surface area contributed by atoms with Crippen molar-refractivity contribution in [1.82, 2.24) is 0 Å². The Morgan fingerprint density at radius 2 is 1.88 bits per heavy atom. The highest BCUT2D eigenvalue weighted by Gasteiger charge is 2.21. The minimum Gasteiger partial charge on any atom is -0.480 e. The molecule has 0 aliphatic carbocycles. The van der Waals surface area contributed by atoms with E-state index in [4.69, 9.17) is 5.11 Å². The largest absolute Gasteiger partial charge is 0.480 e. The quantitative estimate of drug-likeness (QED) is 0.855. The summed E-state index contributed by atoms with van der Waals surface area (Å²) < 4.78 is 0. The third kappa shape index (κ3) is 3.89. The van der Waals surface area contributed by atoms with Gasteiger partial charge in [0.2, 0.25) is 0 Å². The van der Waals surface area contributed by atoms with Crippen LogP contribution in [0.25, 0.3) is 0 Å². The highest BCUT2D eigenvalue weighted by molar-refractivity contribution is 7.99. The van der Waals surface area contributed by atoms with Gasteiger partial charge in [-0.05, 0) is 18.4 Å². The smallest absolute Gasteiger partial charge is 0.316 e. The van der Waals surface area contributed by atoms with Gasteiger partial charge in [0.25, 0.3) is 0 Å². The van der Waals surface area contributed by atoms with Gasteiger partial charge in [-0.15, -0.1) is 11.8 Å². The van der Waals surface area contributed by atoms with Crippen LogP contribution in [0, 0.1) is 12.8 Å². The summed E-state index contributed by atoms with van der Waals surface area (Å²) in [5, 5.41) is 8.73. The number of carboxylic acids is 1. The fourth-order valence-electron chi connectivity index (χ4n) is 1.42. The first-order valence-electron chi connectivity index (χ1n) is 5.40. The number of hydrogen-bond acceptors (Lipinski definition) is 2. The van der Waals surface area contributed by atoms with E-state index in [0.29, 0.717) is 0 Å². The lowest BCUT2D eigenvalue weighted by Gasteiger charge is -2.15. The van der Waals surface area contributed by atoms with Gasteiger partial charge >= 0.3 is 5.97 Å². The molecule has 0 aliphatic heterocycles. The van der Waals surface area contributed by atoms with Gasteiger partial charge in [0, 0.05) is 5.75 Å². The number of aryl methyl sites for hydroxylation is 1. The van der Waals surface area contributed by atoms with Crippen LogP contribution in [0.15, 0.2) is 24.3 Å². The standard InChI is InChI=1S/C13H18O2S/c1-9(2)12(13(14)15)16-8-11-6-4-10(3)5-7-11/h4-7,9,12H,8H2,1-3H3,(H,14,15). The lowest BCUT2D eigenvalue weighted by molar-refractivity contribution is -0.137. The molecule has 0 radical (unpaired) electrons. The van der Waals surface area contributed by atoms with E-state index < -0.39 is 5.97 Å². The molecule has 1 N–H and O–H groups in total. The van der Waals surface area contributed by atoms with Crippen molar-refractivity contribution in [1.29, 1.82) is 0 Å². The topological polar surface area (TPSA) is 37.3 Å². The van der Waals surface area contributed by atoms with Crippen molar-refractivity contribution in [2.45, 2.75) is 31.8 Å². The predicted octanol–water partition coefficient (Wildman–Crippen LogP) is 3.34. The van der Waals surface area contributed by atoms with E-state index in [1.807, 2.05) is 20.8 Å². The number of hydrogen-bond donors (Lipinski definition) is 1. The molecule has 1 aromatic rings. The lowest BCUT2D eigenvalue weighted by atomic mass is 10.1. The molecule has 1 atom stereocenters. The van der Waals surface area contributed by atoms with Crippen LogP contribution in [0.5, 0.6) is 0 Å². The van der Waals surface area contributed by atoms with Crippen LogP contribution in [0.3, 0.4) is 0 Å². The van der Waals surface area contributed by atoms with E-state index in [1.54, 1.807) is 0 Å². The average molecular weight is 238 g/mol. The molecule has 2 nitrogen and oxygen atoms in total. The van der Waals surface area contributed by atoms with E-state index in [9.17, 15) is 4.79 Å². The monoisotopic (exact) mass is 238 g/mol. The Bertz CT molecular complexity index is 343. The van der Waals surface area contributed by atoms with Gasteiger partial charge in [0.15, 0.2) is 0 Å². The molecule has 0 fully saturated rings. The summed E-state index contributed by atoms with van der Waals surface area (Å²) in [7, 11) is 0.